The highest BCUT2D eigenvalue weighted by atomic mass is 79.9. The van der Waals surface area contributed by atoms with Crippen molar-refractivity contribution in [1.29, 1.82) is 0 Å². The maximum absolute atomic E-state index is 5.64. The third-order valence-electron chi connectivity index (χ3n) is 2.30. The lowest BCUT2D eigenvalue weighted by Gasteiger charge is -2.40. The Morgan fingerprint density at radius 1 is 1.14 bits per heavy atom. The molecule has 1 aliphatic carbocycles. The first-order chi connectivity index (χ1) is 6.79. The number of halogens is 1. The molecule has 1 rings (SSSR count). The van der Waals surface area contributed by atoms with Crippen molar-refractivity contribution in [3.8, 4) is 0 Å². The third-order valence-corrected chi connectivity index (χ3v) is 3.20. The zero-order valence-electron chi connectivity index (χ0n) is 8.87. The van der Waals surface area contributed by atoms with Gasteiger partial charge in [0.15, 0.2) is 0 Å². The van der Waals surface area contributed by atoms with Gasteiger partial charge in [0.05, 0.1) is 25.4 Å². The SMILES string of the molecule is CCOCCOC1CC(Br)C1OCC. The van der Waals surface area contributed by atoms with Gasteiger partial charge in [-0.15, -0.1) is 0 Å². The zero-order chi connectivity index (χ0) is 10.4. The van der Waals surface area contributed by atoms with E-state index < -0.39 is 0 Å². The lowest BCUT2D eigenvalue weighted by atomic mass is 9.91. The molecule has 3 nitrogen and oxygen atoms in total. The van der Waals surface area contributed by atoms with Crippen molar-refractivity contribution in [1.82, 2.24) is 0 Å². The minimum Gasteiger partial charge on any atom is -0.379 e. The average molecular weight is 267 g/mol. The van der Waals surface area contributed by atoms with Crippen LogP contribution in [-0.4, -0.2) is 43.5 Å². The predicted octanol–water partition coefficient (Wildman–Crippen LogP) is 1.98. The maximum atomic E-state index is 5.64. The van der Waals surface area contributed by atoms with Gasteiger partial charge in [-0.2, -0.15) is 0 Å². The summed E-state index contributed by atoms with van der Waals surface area (Å²) in [6.07, 6.45) is 1.51. The molecular formula is C10H19BrO3. The van der Waals surface area contributed by atoms with Crippen LogP contribution in [0, 0.1) is 0 Å². The first-order valence-electron chi connectivity index (χ1n) is 5.24. The predicted molar refractivity (Wildman–Crippen MR) is 59.0 cm³/mol. The highest BCUT2D eigenvalue weighted by Crippen LogP contribution is 2.33. The second kappa shape index (κ2) is 6.77. The average Bonchev–Trinajstić information content (AvgIpc) is 2.19. The van der Waals surface area contributed by atoms with Crippen LogP contribution >= 0.6 is 15.9 Å². The van der Waals surface area contributed by atoms with Crippen LogP contribution < -0.4 is 0 Å². The van der Waals surface area contributed by atoms with Gasteiger partial charge >= 0.3 is 0 Å². The molecule has 14 heavy (non-hydrogen) atoms. The fourth-order valence-corrected chi connectivity index (χ4v) is 2.36. The summed E-state index contributed by atoms with van der Waals surface area (Å²) in [7, 11) is 0. The largest absolute Gasteiger partial charge is 0.379 e. The molecule has 0 bridgehead atoms. The first-order valence-corrected chi connectivity index (χ1v) is 6.16. The van der Waals surface area contributed by atoms with Crippen LogP contribution in [-0.2, 0) is 14.2 Å². The molecule has 3 atom stereocenters. The van der Waals surface area contributed by atoms with Crippen molar-refractivity contribution in [2.75, 3.05) is 26.4 Å². The Morgan fingerprint density at radius 2 is 1.93 bits per heavy atom. The molecule has 0 aromatic heterocycles. The fraction of sp³-hybridized carbons (Fsp3) is 1.00. The normalized spacial score (nSPS) is 31.5. The molecule has 0 spiro atoms. The van der Waals surface area contributed by atoms with Crippen LogP contribution in [0.4, 0.5) is 0 Å². The fourth-order valence-electron chi connectivity index (χ4n) is 1.50. The highest BCUT2D eigenvalue weighted by Gasteiger charge is 2.40. The van der Waals surface area contributed by atoms with Crippen LogP contribution in [0.5, 0.6) is 0 Å². The number of alkyl halides is 1. The van der Waals surface area contributed by atoms with E-state index in [9.17, 15) is 0 Å². The molecule has 0 amide bonds. The van der Waals surface area contributed by atoms with Gasteiger partial charge < -0.3 is 14.2 Å². The van der Waals surface area contributed by atoms with E-state index >= 15 is 0 Å². The van der Waals surface area contributed by atoms with Crippen molar-refractivity contribution in [3.05, 3.63) is 0 Å². The van der Waals surface area contributed by atoms with Crippen LogP contribution in [0.3, 0.4) is 0 Å². The van der Waals surface area contributed by atoms with Gasteiger partial charge in [0.2, 0.25) is 0 Å². The van der Waals surface area contributed by atoms with Crippen molar-refractivity contribution in [2.45, 2.75) is 37.3 Å². The Labute approximate surface area is 94.2 Å². The van der Waals surface area contributed by atoms with Gasteiger partial charge in [-0.05, 0) is 20.3 Å². The van der Waals surface area contributed by atoms with Crippen LogP contribution in [0.1, 0.15) is 20.3 Å². The molecule has 0 aromatic rings. The molecule has 84 valence electrons. The van der Waals surface area contributed by atoms with Gasteiger partial charge in [0, 0.05) is 18.0 Å². The number of rotatable bonds is 7. The summed E-state index contributed by atoms with van der Waals surface area (Å²) in [5, 5.41) is 0. The zero-order valence-corrected chi connectivity index (χ0v) is 10.5. The summed E-state index contributed by atoms with van der Waals surface area (Å²) in [4.78, 5) is 0.458. The number of ether oxygens (including phenoxy) is 3. The van der Waals surface area contributed by atoms with Gasteiger partial charge in [-0.1, -0.05) is 15.9 Å². The highest BCUT2D eigenvalue weighted by molar-refractivity contribution is 9.09. The van der Waals surface area contributed by atoms with Crippen LogP contribution in [0.15, 0.2) is 0 Å². The molecule has 1 aliphatic rings. The topological polar surface area (TPSA) is 27.7 Å². The molecule has 3 unspecified atom stereocenters. The van der Waals surface area contributed by atoms with Crippen LogP contribution in [0.2, 0.25) is 0 Å². The molecule has 0 saturated heterocycles. The Balaban J connectivity index is 2.06. The standard InChI is InChI=1S/C10H19BrO3/c1-3-12-5-6-14-9-7-8(11)10(9)13-4-2/h8-10H,3-7H2,1-2H3. The molecule has 1 saturated carbocycles. The van der Waals surface area contributed by atoms with E-state index in [1.165, 1.54) is 0 Å². The molecule has 0 N–H and O–H groups in total. The Bertz CT molecular complexity index is 154. The molecule has 1 fully saturated rings. The Hall–Kier alpha value is 0.360. The molecule has 0 aromatic carbocycles. The summed E-state index contributed by atoms with van der Waals surface area (Å²) in [6.45, 7) is 6.85. The first kappa shape index (κ1) is 12.4. The number of hydrogen-bond donors (Lipinski definition) is 0. The molecule has 0 radical (unpaired) electrons. The Morgan fingerprint density at radius 3 is 2.50 bits per heavy atom. The third kappa shape index (κ3) is 3.50. The van der Waals surface area contributed by atoms with E-state index in [-0.39, 0.29) is 12.2 Å². The molecule has 0 heterocycles. The lowest BCUT2D eigenvalue weighted by molar-refractivity contribution is -0.126. The second-order valence-corrected chi connectivity index (χ2v) is 4.45. The van der Waals surface area contributed by atoms with Crippen molar-refractivity contribution < 1.29 is 14.2 Å². The van der Waals surface area contributed by atoms with E-state index in [4.69, 9.17) is 14.2 Å². The summed E-state index contributed by atoms with van der Waals surface area (Å²) >= 11 is 3.55. The minimum atomic E-state index is 0.224. The summed E-state index contributed by atoms with van der Waals surface area (Å²) in [5.41, 5.74) is 0. The summed E-state index contributed by atoms with van der Waals surface area (Å²) < 4.78 is 16.4. The summed E-state index contributed by atoms with van der Waals surface area (Å²) in [5.74, 6) is 0. The quantitative estimate of drug-likeness (QED) is 0.521. The smallest absolute Gasteiger partial charge is 0.0962 e. The van der Waals surface area contributed by atoms with Gasteiger partial charge in [-0.3, -0.25) is 0 Å². The minimum absolute atomic E-state index is 0.224. The van der Waals surface area contributed by atoms with Crippen LogP contribution in [0.25, 0.3) is 0 Å². The monoisotopic (exact) mass is 266 g/mol. The van der Waals surface area contributed by atoms with E-state index in [0.717, 1.165) is 19.6 Å². The Kier molecular flexibility index (Phi) is 6.01. The van der Waals surface area contributed by atoms with E-state index in [2.05, 4.69) is 15.9 Å². The van der Waals surface area contributed by atoms with Gasteiger partial charge in [0.1, 0.15) is 0 Å². The molecule has 4 heteroatoms. The maximum Gasteiger partial charge on any atom is 0.0962 e. The van der Waals surface area contributed by atoms with Crippen molar-refractivity contribution >= 4 is 15.9 Å². The number of hydrogen-bond acceptors (Lipinski definition) is 3. The summed E-state index contributed by atoms with van der Waals surface area (Å²) in [6, 6.07) is 0. The second-order valence-electron chi connectivity index (χ2n) is 3.28. The van der Waals surface area contributed by atoms with E-state index in [1.807, 2.05) is 13.8 Å². The van der Waals surface area contributed by atoms with E-state index in [1.54, 1.807) is 0 Å². The lowest BCUT2D eigenvalue weighted by Crippen LogP contribution is -2.51. The van der Waals surface area contributed by atoms with Gasteiger partial charge in [-0.25, -0.2) is 0 Å². The van der Waals surface area contributed by atoms with Crippen molar-refractivity contribution in [2.24, 2.45) is 0 Å². The van der Waals surface area contributed by atoms with E-state index in [0.29, 0.717) is 18.0 Å². The van der Waals surface area contributed by atoms with Gasteiger partial charge in [0.25, 0.3) is 0 Å². The molecule has 0 aliphatic heterocycles. The molecular weight excluding hydrogens is 248 g/mol. The van der Waals surface area contributed by atoms with Crippen molar-refractivity contribution in [3.63, 3.8) is 0 Å².